The molecule has 144 valence electrons. The van der Waals surface area contributed by atoms with Gasteiger partial charge in [-0.15, -0.1) is 6.58 Å². The van der Waals surface area contributed by atoms with E-state index in [-0.39, 0.29) is 13.2 Å². The summed E-state index contributed by atoms with van der Waals surface area (Å²) in [4.78, 5) is 23.8. The third-order valence-electron chi connectivity index (χ3n) is 3.67. The molecule has 0 amide bonds. The molecule has 0 heterocycles. The molecule has 0 unspecified atom stereocenters. The van der Waals surface area contributed by atoms with E-state index in [0.29, 0.717) is 37.3 Å². The van der Waals surface area contributed by atoms with E-state index in [0.717, 1.165) is 11.3 Å². The van der Waals surface area contributed by atoms with Gasteiger partial charge < -0.3 is 14.2 Å². The second-order valence-corrected chi connectivity index (χ2v) is 6.08. The summed E-state index contributed by atoms with van der Waals surface area (Å²) >= 11 is 6.00. The van der Waals surface area contributed by atoms with Gasteiger partial charge in [-0.25, -0.2) is 0 Å². The third kappa shape index (κ3) is 7.48. The molecule has 0 bridgehead atoms. The first-order valence-corrected chi connectivity index (χ1v) is 9.26. The molecule has 1 aromatic rings. The maximum atomic E-state index is 11.9. The number of halogens is 1. The van der Waals surface area contributed by atoms with Crippen LogP contribution in [-0.2, 0) is 25.5 Å². The number of hydrogen-bond acceptors (Lipinski definition) is 5. The van der Waals surface area contributed by atoms with Gasteiger partial charge in [-0.3, -0.25) is 9.59 Å². The van der Waals surface area contributed by atoms with Crippen LogP contribution in [0.3, 0.4) is 0 Å². The molecule has 5 nitrogen and oxygen atoms in total. The number of carbonyl (C=O) groups excluding carboxylic acids is 2. The molecule has 0 fully saturated rings. The van der Waals surface area contributed by atoms with Gasteiger partial charge in [-0.1, -0.05) is 17.7 Å². The van der Waals surface area contributed by atoms with Crippen LogP contribution in [0.4, 0.5) is 0 Å². The summed E-state index contributed by atoms with van der Waals surface area (Å²) in [6.07, 6.45) is 4.19. The van der Waals surface area contributed by atoms with Crippen molar-refractivity contribution < 1.29 is 23.8 Å². The fraction of sp³-hybridized carbons (Fsp3) is 0.500. The van der Waals surface area contributed by atoms with Gasteiger partial charge in [0.1, 0.15) is 5.75 Å². The van der Waals surface area contributed by atoms with Crippen LogP contribution in [0.25, 0.3) is 0 Å². The number of hydrogen-bond donors (Lipinski definition) is 0. The molecule has 1 rings (SSSR count). The minimum Gasteiger partial charge on any atom is -0.493 e. The van der Waals surface area contributed by atoms with Gasteiger partial charge in [-0.05, 0) is 63.3 Å². The number of unbranched alkanes of at least 4 members (excludes halogenated alkanes) is 1. The Balaban J connectivity index is 2.49. The van der Waals surface area contributed by atoms with E-state index in [4.69, 9.17) is 25.8 Å². The minimum atomic E-state index is -0.873. The number of ether oxygens (including phenoxy) is 3. The molecule has 6 heteroatoms. The van der Waals surface area contributed by atoms with Crippen LogP contribution in [0.1, 0.15) is 38.7 Å². The van der Waals surface area contributed by atoms with Crippen molar-refractivity contribution >= 4 is 23.5 Å². The lowest BCUT2D eigenvalue weighted by atomic mass is 10.0. The summed E-state index contributed by atoms with van der Waals surface area (Å²) in [6, 6.07) is 5.47. The first-order chi connectivity index (χ1) is 12.5. The second-order valence-electron chi connectivity index (χ2n) is 5.65. The molecule has 0 aliphatic carbocycles. The third-order valence-corrected chi connectivity index (χ3v) is 3.91. The molecule has 0 N–H and O–H groups in total. The number of benzene rings is 1. The highest BCUT2D eigenvalue weighted by molar-refractivity contribution is 6.30. The lowest BCUT2D eigenvalue weighted by Crippen LogP contribution is -2.28. The van der Waals surface area contributed by atoms with Crippen LogP contribution in [0.5, 0.6) is 5.75 Å². The van der Waals surface area contributed by atoms with E-state index in [2.05, 4.69) is 6.58 Å². The Morgan fingerprint density at radius 2 is 1.81 bits per heavy atom. The predicted molar refractivity (Wildman–Crippen MR) is 101 cm³/mol. The van der Waals surface area contributed by atoms with E-state index >= 15 is 0 Å². The summed E-state index contributed by atoms with van der Waals surface area (Å²) in [5.41, 5.74) is 0.975. The van der Waals surface area contributed by atoms with Gasteiger partial charge >= 0.3 is 11.9 Å². The molecule has 0 radical (unpaired) electrons. The zero-order valence-electron chi connectivity index (χ0n) is 15.5. The van der Waals surface area contributed by atoms with Crippen molar-refractivity contribution in [3.63, 3.8) is 0 Å². The highest BCUT2D eigenvalue weighted by Gasteiger charge is 2.28. The zero-order valence-corrected chi connectivity index (χ0v) is 16.2. The number of esters is 2. The number of allylic oxidation sites excluding steroid dienone is 1. The Kier molecular flexibility index (Phi) is 10.5. The molecule has 0 aromatic heterocycles. The first kappa shape index (κ1) is 22.0. The highest BCUT2D eigenvalue weighted by Crippen LogP contribution is 2.24. The van der Waals surface area contributed by atoms with Gasteiger partial charge in [-0.2, -0.15) is 0 Å². The SMILES string of the molecule is C=CCc1cc(Cl)ccc1OCCCCC(C(=O)OCC)C(=O)OCC. The summed E-state index contributed by atoms with van der Waals surface area (Å²) in [5.74, 6) is -1.17. The second kappa shape index (κ2) is 12.4. The molecule has 0 saturated carbocycles. The van der Waals surface area contributed by atoms with Gasteiger partial charge in [0.2, 0.25) is 0 Å². The molecule has 0 atom stereocenters. The minimum absolute atomic E-state index is 0.237. The largest absolute Gasteiger partial charge is 0.493 e. The fourth-order valence-corrected chi connectivity index (χ4v) is 2.65. The Labute approximate surface area is 160 Å². The quantitative estimate of drug-likeness (QED) is 0.232. The Bertz CT molecular complexity index is 582. The summed E-state index contributed by atoms with van der Waals surface area (Å²) in [5, 5.41) is 0.654. The summed E-state index contributed by atoms with van der Waals surface area (Å²) in [7, 11) is 0. The van der Waals surface area contributed by atoms with Crippen LogP contribution in [0.2, 0.25) is 5.02 Å². The van der Waals surface area contributed by atoms with Crippen molar-refractivity contribution in [3.8, 4) is 5.75 Å². The Hall–Kier alpha value is -2.01. The molecule has 0 saturated heterocycles. The van der Waals surface area contributed by atoms with E-state index < -0.39 is 17.9 Å². The Morgan fingerprint density at radius 3 is 2.38 bits per heavy atom. The van der Waals surface area contributed by atoms with Gasteiger partial charge in [0.05, 0.1) is 19.8 Å². The Morgan fingerprint density at radius 1 is 1.15 bits per heavy atom. The van der Waals surface area contributed by atoms with Crippen molar-refractivity contribution in [2.75, 3.05) is 19.8 Å². The van der Waals surface area contributed by atoms with Crippen LogP contribution < -0.4 is 4.74 Å². The zero-order chi connectivity index (χ0) is 19.4. The smallest absolute Gasteiger partial charge is 0.320 e. The van der Waals surface area contributed by atoms with Crippen molar-refractivity contribution in [3.05, 3.63) is 41.4 Å². The lowest BCUT2D eigenvalue weighted by Gasteiger charge is -2.15. The average molecular weight is 383 g/mol. The van der Waals surface area contributed by atoms with Gasteiger partial charge in [0, 0.05) is 5.02 Å². The van der Waals surface area contributed by atoms with Gasteiger partial charge in [0.25, 0.3) is 0 Å². The van der Waals surface area contributed by atoms with Crippen LogP contribution in [0, 0.1) is 5.92 Å². The number of rotatable bonds is 12. The van der Waals surface area contributed by atoms with Gasteiger partial charge in [0.15, 0.2) is 5.92 Å². The van der Waals surface area contributed by atoms with E-state index in [1.54, 1.807) is 26.0 Å². The van der Waals surface area contributed by atoms with E-state index in [9.17, 15) is 9.59 Å². The maximum absolute atomic E-state index is 11.9. The van der Waals surface area contributed by atoms with E-state index in [1.165, 1.54) is 0 Å². The monoisotopic (exact) mass is 382 g/mol. The normalized spacial score (nSPS) is 10.5. The topological polar surface area (TPSA) is 61.8 Å². The first-order valence-electron chi connectivity index (χ1n) is 8.88. The van der Waals surface area contributed by atoms with Crippen LogP contribution >= 0.6 is 11.6 Å². The highest BCUT2D eigenvalue weighted by atomic mass is 35.5. The summed E-state index contributed by atoms with van der Waals surface area (Å²) in [6.45, 7) is 8.10. The standard InChI is InChI=1S/C20H27ClO5/c1-4-9-15-14-16(21)11-12-18(15)26-13-8-7-10-17(19(22)24-5-2)20(23)25-6-3/h4,11-12,14,17H,1,5-10,13H2,2-3H3. The molecule has 1 aromatic carbocycles. The fourth-order valence-electron chi connectivity index (χ4n) is 2.45. The molecular weight excluding hydrogens is 356 g/mol. The maximum Gasteiger partial charge on any atom is 0.320 e. The molecule has 0 aliphatic rings. The predicted octanol–water partition coefficient (Wildman–Crippen LogP) is 4.36. The molecule has 0 aliphatic heterocycles. The van der Waals surface area contributed by atoms with Crippen molar-refractivity contribution in [2.45, 2.75) is 39.5 Å². The van der Waals surface area contributed by atoms with E-state index in [1.807, 2.05) is 12.1 Å². The average Bonchev–Trinajstić information content (AvgIpc) is 2.60. The van der Waals surface area contributed by atoms with Crippen molar-refractivity contribution in [1.29, 1.82) is 0 Å². The van der Waals surface area contributed by atoms with Crippen molar-refractivity contribution in [2.24, 2.45) is 5.92 Å². The van der Waals surface area contributed by atoms with Crippen LogP contribution in [-0.4, -0.2) is 31.8 Å². The summed E-state index contributed by atoms with van der Waals surface area (Å²) < 4.78 is 15.7. The molecular formula is C20H27ClO5. The molecule has 0 spiro atoms. The molecule has 26 heavy (non-hydrogen) atoms. The lowest BCUT2D eigenvalue weighted by molar-refractivity contribution is -0.162. The van der Waals surface area contributed by atoms with Crippen LogP contribution in [0.15, 0.2) is 30.9 Å². The number of carbonyl (C=O) groups is 2. The van der Waals surface area contributed by atoms with Crippen molar-refractivity contribution in [1.82, 2.24) is 0 Å².